The monoisotopic (exact) mass is 259 g/mol. The average Bonchev–Trinajstić information content (AvgIpc) is 2.25. The van der Waals surface area contributed by atoms with Gasteiger partial charge in [0, 0.05) is 13.1 Å². The minimum atomic E-state index is -1.14. The molecule has 0 aromatic heterocycles. The predicted molar refractivity (Wildman–Crippen MR) is 62.4 cm³/mol. The van der Waals surface area contributed by atoms with Gasteiger partial charge in [-0.3, -0.25) is 0 Å². The van der Waals surface area contributed by atoms with Gasteiger partial charge in [0.2, 0.25) is 0 Å². The van der Waals surface area contributed by atoms with E-state index in [-0.39, 0.29) is 0 Å². The average molecular weight is 259 g/mol. The number of nitrogens with zero attached hydrogens (tertiary/aromatic N) is 2. The lowest BCUT2D eigenvalue weighted by Crippen LogP contribution is -2.40. The molecular formula is C10H17N3O5. The van der Waals surface area contributed by atoms with Gasteiger partial charge >= 0.3 is 12.0 Å². The van der Waals surface area contributed by atoms with Crippen LogP contribution in [0.15, 0.2) is 12.3 Å². The highest BCUT2D eigenvalue weighted by atomic mass is 16.7. The summed E-state index contributed by atoms with van der Waals surface area (Å²) in [4.78, 5) is 36.6. The fourth-order valence-electron chi connectivity index (χ4n) is 1.09. The first-order chi connectivity index (χ1) is 8.47. The molecule has 2 amide bonds. The van der Waals surface area contributed by atoms with E-state index in [1.807, 2.05) is 0 Å². The molecule has 0 heterocycles. The van der Waals surface area contributed by atoms with Crippen molar-refractivity contribution >= 4 is 12.0 Å². The first-order valence-electron chi connectivity index (χ1n) is 5.56. The van der Waals surface area contributed by atoms with Gasteiger partial charge in [0.25, 0.3) is 0 Å². The first-order valence-corrected chi connectivity index (χ1v) is 5.56. The lowest BCUT2D eigenvalue weighted by Gasteiger charge is -2.13. The van der Waals surface area contributed by atoms with Crippen LogP contribution in [0.25, 0.3) is 0 Å². The second kappa shape index (κ2) is 8.97. The Morgan fingerprint density at radius 2 is 2.11 bits per heavy atom. The zero-order valence-electron chi connectivity index (χ0n) is 10.4. The van der Waals surface area contributed by atoms with Crippen LogP contribution in [0.2, 0.25) is 0 Å². The molecule has 0 spiro atoms. The third kappa shape index (κ3) is 8.08. The largest absolute Gasteiger partial charge is 0.412 e. The fourth-order valence-corrected chi connectivity index (χ4v) is 1.09. The minimum Gasteiger partial charge on any atom is -0.332 e. The summed E-state index contributed by atoms with van der Waals surface area (Å²) in [5.41, 5.74) is 1.38. The number of allylic oxidation sites excluding steroid dienone is 1. The van der Waals surface area contributed by atoms with Crippen molar-refractivity contribution in [1.82, 2.24) is 10.5 Å². The third-order valence-electron chi connectivity index (χ3n) is 1.83. The summed E-state index contributed by atoms with van der Waals surface area (Å²) in [5.74, 6) is -0.744. The zero-order valence-corrected chi connectivity index (χ0v) is 10.4. The van der Waals surface area contributed by atoms with E-state index in [9.17, 15) is 19.7 Å². The van der Waals surface area contributed by atoms with Crippen LogP contribution in [-0.2, 0) is 9.63 Å². The molecule has 0 rings (SSSR count). The van der Waals surface area contributed by atoms with Crippen LogP contribution in [0, 0.1) is 10.1 Å². The number of urea groups is 1. The van der Waals surface area contributed by atoms with Crippen molar-refractivity contribution in [1.29, 1.82) is 0 Å². The van der Waals surface area contributed by atoms with Crippen molar-refractivity contribution in [2.24, 2.45) is 0 Å². The number of unbranched alkanes of at least 4 members (excludes halogenated alkanes) is 3. The van der Waals surface area contributed by atoms with Crippen LogP contribution in [0.4, 0.5) is 4.79 Å². The molecule has 0 fully saturated rings. The van der Waals surface area contributed by atoms with Gasteiger partial charge in [-0.05, 0) is 18.3 Å². The van der Waals surface area contributed by atoms with E-state index >= 15 is 0 Å². The molecule has 0 aromatic rings. The van der Waals surface area contributed by atoms with E-state index in [0.29, 0.717) is 11.5 Å². The number of carbonyl (C=O) groups is 2. The molecule has 0 saturated carbocycles. The molecule has 8 heteroatoms. The molecule has 1 N–H and O–H groups in total. The van der Waals surface area contributed by atoms with E-state index in [4.69, 9.17) is 0 Å². The zero-order chi connectivity index (χ0) is 14.0. The van der Waals surface area contributed by atoms with Gasteiger partial charge in [-0.2, -0.15) is 0 Å². The molecule has 0 aliphatic rings. The van der Waals surface area contributed by atoms with Gasteiger partial charge in [0.1, 0.15) is 0 Å². The number of amides is 2. The van der Waals surface area contributed by atoms with Gasteiger partial charge in [-0.1, -0.05) is 25.8 Å². The van der Waals surface area contributed by atoms with Crippen molar-refractivity contribution in [3.63, 3.8) is 0 Å². The number of hydroxylamine groups is 2. The van der Waals surface area contributed by atoms with Crippen LogP contribution < -0.4 is 5.43 Å². The van der Waals surface area contributed by atoms with E-state index < -0.39 is 17.0 Å². The lowest BCUT2D eigenvalue weighted by atomic mass is 10.2. The Morgan fingerprint density at radius 1 is 1.44 bits per heavy atom. The Kier molecular flexibility index (Phi) is 7.91. The number of rotatable bonds is 6. The smallest absolute Gasteiger partial charge is 0.332 e. The highest BCUT2D eigenvalue weighted by molar-refractivity contribution is 5.75. The molecule has 0 aromatic carbocycles. The Hall–Kier alpha value is -2.12. The third-order valence-corrected chi connectivity index (χ3v) is 1.83. The molecule has 0 aliphatic heterocycles. The molecule has 0 bridgehead atoms. The number of hydrogen-bond donors (Lipinski definition) is 1. The van der Waals surface area contributed by atoms with Crippen LogP contribution in [0.5, 0.6) is 0 Å². The highest BCUT2D eigenvalue weighted by Crippen LogP contribution is 2.02. The normalized spacial score (nSPS) is 10.1. The van der Waals surface area contributed by atoms with Gasteiger partial charge < -0.3 is 4.84 Å². The van der Waals surface area contributed by atoms with Crippen LogP contribution in [0.1, 0.15) is 39.5 Å². The Balaban J connectivity index is 4.34. The van der Waals surface area contributed by atoms with Crippen molar-refractivity contribution in [3.8, 4) is 0 Å². The molecular weight excluding hydrogens is 242 g/mol. The quantitative estimate of drug-likeness (QED) is 0.445. The van der Waals surface area contributed by atoms with Gasteiger partial charge in [-0.25, -0.2) is 19.7 Å². The van der Waals surface area contributed by atoms with Crippen molar-refractivity contribution in [3.05, 3.63) is 22.4 Å². The maximum absolute atomic E-state index is 11.3. The highest BCUT2D eigenvalue weighted by Gasteiger charge is 2.18. The van der Waals surface area contributed by atoms with Crippen LogP contribution in [0.3, 0.4) is 0 Å². The van der Waals surface area contributed by atoms with Gasteiger partial charge in [0.15, 0.2) is 5.03 Å². The minimum absolute atomic E-state index is 0.497. The number of hydrogen-bond acceptors (Lipinski definition) is 5. The first kappa shape index (κ1) is 15.9. The predicted octanol–water partition coefficient (Wildman–Crippen LogP) is 1.76. The van der Waals surface area contributed by atoms with Gasteiger partial charge in [0.05, 0.1) is 0 Å². The van der Waals surface area contributed by atoms with Crippen LogP contribution in [-0.4, -0.2) is 22.1 Å². The van der Waals surface area contributed by atoms with Gasteiger partial charge in [-0.15, -0.1) is 5.06 Å². The summed E-state index contributed by atoms with van der Waals surface area (Å²) in [5, 5.41) is 9.57. The Labute approximate surface area is 105 Å². The summed E-state index contributed by atoms with van der Waals surface area (Å²) in [6, 6.07) is -1.14. The molecule has 0 radical (unpaired) electrons. The molecule has 102 valence electrons. The summed E-state index contributed by atoms with van der Waals surface area (Å²) in [6.07, 6.45) is 6.52. The summed E-state index contributed by atoms with van der Waals surface area (Å²) in [7, 11) is 0. The van der Waals surface area contributed by atoms with E-state index in [2.05, 4.69) is 11.8 Å². The Bertz CT molecular complexity index is 329. The summed E-state index contributed by atoms with van der Waals surface area (Å²) < 4.78 is 0. The van der Waals surface area contributed by atoms with E-state index in [0.717, 1.165) is 26.2 Å². The molecule has 18 heavy (non-hydrogen) atoms. The van der Waals surface area contributed by atoms with Crippen LogP contribution >= 0.6 is 0 Å². The number of carbonyl (C=O) groups excluding carboxylic acids is 2. The molecule has 0 unspecified atom stereocenters. The molecule has 0 atom stereocenters. The standard InChI is InChI=1S/C10H17N3O5/c1-3-4-5-6-7-8-12(18-9(2)14)10(15)11-13(16)17/h7-8H,3-6H2,1-2H3,(H,11,15)/b8-7+. The fraction of sp³-hybridized carbons (Fsp3) is 0.600. The van der Waals surface area contributed by atoms with Crippen molar-refractivity contribution in [2.45, 2.75) is 39.5 Å². The number of nitrogens with one attached hydrogen (secondary N) is 1. The second-order valence-corrected chi connectivity index (χ2v) is 3.46. The SMILES string of the molecule is CCCCC/C=C/N(OC(C)=O)C(=O)N[N+](=O)[O-]. The van der Waals surface area contributed by atoms with E-state index in [1.165, 1.54) is 11.6 Å². The summed E-state index contributed by atoms with van der Waals surface area (Å²) >= 11 is 0. The maximum Gasteiger partial charge on any atom is 0.412 e. The molecule has 0 aliphatic carbocycles. The Morgan fingerprint density at radius 3 is 2.61 bits per heavy atom. The number of hydrazine groups is 1. The second-order valence-electron chi connectivity index (χ2n) is 3.46. The topological polar surface area (TPSA) is 102 Å². The van der Waals surface area contributed by atoms with Crippen molar-refractivity contribution < 1.29 is 19.5 Å². The lowest BCUT2D eigenvalue weighted by molar-refractivity contribution is -0.529. The maximum atomic E-state index is 11.3. The number of nitro groups is 1. The molecule has 8 nitrogen and oxygen atoms in total. The van der Waals surface area contributed by atoms with E-state index in [1.54, 1.807) is 6.08 Å². The molecule has 0 saturated heterocycles. The van der Waals surface area contributed by atoms with Crippen molar-refractivity contribution in [2.75, 3.05) is 0 Å². The summed E-state index contributed by atoms with van der Waals surface area (Å²) in [6.45, 7) is 3.15.